The summed E-state index contributed by atoms with van der Waals surface area (Å²) in [5.41, 5.74) is 1.02. The molecule has 1 atom stereocenters. The summed E-state index contributed by atoms with van der Waals surface area (Å²) in [6, 6.07) is 9.83. The number of amides is 1. The third-order valence-corrected chi connectivity index (χ3v) is 3.73. The van der Waals surface area contributed by atoms with Gasteiger partial charge in [-0.05, 0) is 6.42 Å². The molecule has 100 valence electrons. The second-order valence-corrected chi connectivity index (χ2v) is 5.43. The zero-order valence-electron chi connectivity index (χ0n) is 11.1. The van der Waals surface area contributed by atoms with E-state index in [2.05, 4.69) is 22.4 Å². The van der Waals surface area contributed by atoms with E-state index in [1.54, 1.807) is 0 Å². The highest BCUT2D eigenvalue weighted by atomic mass is 32.1. The molecule has 0 radical (unpaired) electrons. The second kappa shape index (κ2) is 6.43. The molecule has 19 heavy (non-hydrogen) atoms. The second-order valence-electron chi connectivity index (χ2n) is 4.46. The van der Waals surface area contributed by atoms with Crippen LogP contribution in [0.25, 0.3) is 10.6 Å². The number of aromatic nitrogens is 2. The van der Waals surface area contributed by atoms with Gasteiger partial charge < -0.3 is 5.32 Å². The van der Waals surface area contributed by atoms with Crippen molar-refractivity contribution in [3.8, 4) is 10.6 Å². The molecule has 1 N–H and O–H groups in total. The minimum Gasteiger partial charge on any atom is -0.300 e. The molecule has 0 aliphatic heterocycles. The molecule has 4 nitrogen and oxygen atoms in total. The summed E-state index contributed by atoms with van der Waals surface area (Å²) in [5.74, 6) is 0.0201. The maximum absolute atomic E-state index is 11.9. The normalized spacial score (nSPS) is 12.1. The number of hydrogen-bond acceptors (Lipinski definition) is 4. The van der Waals surface area contributed by atoms with Gasteiger partial charge in [0.05, 0.1) is 0 Å². The van der Waals surface area contributed by atoms with Gasteiger partial charge in [-0.25, -0.2) is 0 Å². The van der Waals surface area contributed by atoms with Gasteiger partial charge in [0.1, 0.15) is 5.01 Å². The first kappa shape index (κ1) is 13.7. The van der Waals surface area contributed by atoms with Crippen molar-refractivity contribution < 1.29 is 4.79 Å². The molecular weight excluding hydrogens is 258 g/mol. The van der Waals surface area contributed by atoms with E-state index in [9.17, 15) is 4.79 Å². The average Bonchev–Trinajstić information content (AvgIpc) is 2.88. The molecule has 0 saturated heterocycles. The minimum atomic E-state index is 0.00840. The quantitative estimate of drug-likeness (QED) is 0.907. The van der Waals surface area contributed by atoms with Gasteiger partial charge >= 0.3 is 0 Å². The van der Waals surface area contributed by atoms with Crippen molar-refractivity contribution >= 4 is 22.4 Å². The highest BCUT2D eigenvalue weighted by Gasteiger charge is 2.14. The van der Waals surface area contributed by atoms with Crippen LogP contribution >= 0.6 is 11.3 Å². The lowest BCUT2D eigenvalue weighted by atomic mass is 10.1. The number of carbonyl (C=O) groups is 1. The van der Waals surface area contributed by atoms with E-state index in [1.807, 2.05) is 37.3 Å². The summed E-state index contributed by atoms with van der Waals surface area (Å²) in [4.78, 5) is 11.9. The predicted octanol–water partition coefficient (Wildman–Crippen LogP) is 3.58. The van der Waals surface area contributed by atoms with Crippen molar-refractivity contribution in [3.05, 3.63) is 30.3 Å². The third kappa shape index (κ3) is 3.61. The van der Waals surface area contributed by atoms with Crippen LogP contribution in [-0.4, -0.2) is 16.1 Å². The molecule has 5 heteroatoms. The van der Waals surface area contributed by atoms with Gasteiger partial charge in [-0.15, -0.1) is 10.2 Å². The molecule has 0 fully saturated rings. The van der Waals surface area contributed by atoms with Crippen LogP contribution in [0.15, 0.2) is 30.3 Å². The van der Waals surface area contributed by atoms with Gasteiger partial charge in [-0.2, -0.15) is 0 Å². The largest absolute Gasteiger partial charge is 0.300 e. The Morgan fingerprint density at radius 2 is 2.05 bits per heavy atom. The van der Waals surface area contributed by atoms with Gasteiger partial charge in [0.15, 0.2) is 0 Å². The summed E-state index contributed by atoms with van der Waals surface area (Å²) in [6.07, 6.45) is 1.89. The number of carbonyl (C=O) groups excluding carboxylic acids is 1. The maximum atomic E-state index is 11.9. The molecule has 1 unspecified atom stereocenters. The summed E-state index contributed by atoms with van der Waals surface area (Å²) in [7, 11) is 0. The molecule has 2 aromatic rings. The lowest BCUT2D eigenvalue weighted by Gasteiger charge is -2.07. The maximum Gasteiger partial charge on any atom is 0.229 e. The van der Waals surface area contributed by atoms with Crippen LogP contribution in [-0.2, 0) is 4.79 Å². The molecule has 1 heterocycles. The van der Waals surface area contributed by atoms with E-state index in [0.717, 1.165) is 23.4 Å². The van der Waals surface area contributed by atoms with Crippen LogP contribution in [0.2, 0.25) is 0 Å². The molecule has 0 aliphatic rings. The molecule has 0 aliphatic carbocycles. The first-order chi connectivity index (χ1) is 9.20. The standard InChI is InChI=1S/C14H17N3OS/c1-3-7-10(2)12(18)15-14-17-16-13(19-14)11-8-5-4-6-9-11/h4-6,8-10H,3,7H2,1-2H3,(H,15,17,18). The Bertz CT molecular complexity index is 539. The smallest absolute Gasteiger partial charge is 0.229 e. The topological polar surface area (TPSA) is 54.9 Å². The van der Waals surface area contributed by atoms with E-state index in [1.165, 1.54) is 11.3 Å². The number of nitrogens with one attached hydrogen (secondary N) is 1. The van der Waals surface area contributed by atoms with E-state index >= 15 is 0 Å². The van der Waals surface area contributed by atoms with Crippen molar-refractivity contribution in [2.45, 2.75) is 26.7 Å². The fourth-order valence-corrected chi connectivity index (χ4v) is 2.52. The van der Waals surface area contributed by atoms with Crippen LogP contribution in [0.5, 0.6) is 0 Å². The van der Waals surface area contributed by atoms with Crippen LogP contribution in [0.4, 0.5) is 5.13 Å². The highest BCUT2D eigenvalue weighted by Crippen LogP contribution is 2.26. The lowest BCUT2D eigenvalue weighted by Crippen LogP contribution is -2.20. The Morgan fingerprint density at radius 3 is 2.74 bits per heavy atom. The van der Waals surface area contributed by atoms with E-state index in [-0.39, 0.29) is 11.8 Å². The van der Waals surface area contributed by atoms with E-state index < -0.39 is 0 Å². The van der Waals surface area contributed by atoms with Crippen molar-refractivity contribution in [2.75, 3.05) is 5.32 Å². The molecule has 0 saturated carbocycles. The van der Waals surface area contributed by atoms with E-state index in [4.69, 9.17) is 0 Å². The zero-order chi connectivity index (χ0) is 13.7. The van der Waals surface area contributed by atoms with Gasteiger partial charge in [-0.1, -0.05) is 61.9 Å². The average molecular weight is 275 g/mol. The van der Waals surface area contributed by atoms with Gasteiger partial charge in [0.2, 0.25) is 11.0 Å². The first-order valence-corrected chi connectivity index (χ1v) is 7.22. The fourth-order valence-electron chi connectivity index (χ4n) is 1.76. The van der Waals surface area contributed by atoms with Gasteiger partial charge in [0, 0.05) is 11.5 Å². The van der Waals surface area contributed by atoms with Crippen molar-refractivity contribution in [3.63, 3.8) is 0 Å². The SMILES string of the molecule is CCCC(C)C(=O)Nc1nnc(-c2ccccc2)s1. The molecule has 0 bridgehead atoms. The van der Waals surface area contributed by atoms with Crippen LogP contribution in [0, 0.1) is 5.92 Å². The molecule has 1 aromatic heterocycles. The molecular formula is C14H17N3OS. The Labute approximate surface area is 116 Å². The Hall–Kier alpha value is -1.75. The lowest BCUT2D eigenvalue weighted by molar-refractivity contribution is -0.119. The monoisotopic (exact) mass is 275 g/mol. The van der Waals surface area contributed by atoms with Gasteiger partial charge in [-0.3, -0.25) is 4.79 Å². The van der Waals surface area contributed by atoms with Crippen LogP contribution in [0.1, 0.15) is 26.7 Å². The van der Waals surface area contributed by atoms with Crippen LogP contribution < -0.4 is 5.32 Å². The van der Waals surface area contributed by atoms with Gasteiger partial charge in [0.25, 0.3) is 0 Å². The summed E-state index contributed by atoms with van der Waals surface area (Å²) in [6.45, 7) is 4.00. The molecule has 1 amide bonds. The van der Waals surface area contributed by atoms with Crippen molar-refractivity contribution in [2.24, 2.45) is 5.92 Å². The number of hydrogen-bond donors (Lipinski definition) is 1. The van der Waals surface area contributed by atoms with Crippen molar-refractivity contribution in [1.82, 2.24) is 10.2 Å². The number of benzene rings is 1. The van der Waals surface area contributed by atoms with Crippen LogP contribution in [0.3, 0.4) is 0 Å². The summed E-state index contributed by atoms with van der Waals surface area (Å²) in [5, 5.41) is 12.3. The molecule has 0 spiro atoms. The molecule has 1 aromatic carbocycles. The number of nitrogens with zero attached hydrogens (tertiary/aromatic N) is 2. The number of rotatable bonds is 5. The third-order valence-electron chi connectivity index (χ3n) is 2.85. The Morgan fingerprint density at radius 1 is 1.32 bits per heavy atom. The number of anilines is 1. The molecule has 2 rings (SSSR count). The first-order valence-electron chi connectivity index (χ1n) is 6.40. The Balaban J connectivity index is 2.04. The summed E-state index contributed by atoms with van der Waals surface area (Å²) < 4.78 is 0. The predicted molar refractivity (Wildman–Crippen MR) is 78.0 cm³/mol. The fraction of sp³-hybridized carbons (Fsp3) is 0.357. The minimum absolute atomic E-state index is 0.00840. The summed E-state index contributed by atoms with van der Waals surface area (Å²) >= 11 is 1.40. The highest BCUT2D eigenvalue weighted by molar-refractivity contribution is 7.18. The van der Waals surface area contributed by atoms with Crippen molar-refractivity contribution in [1.29, 1.82) is 0 Å². The van der Waals surface area contributed by atoms with E-state index in [0.29, 0.717) is 5.13 Å². The Kier molecular flexibility index (Phi) is 4.63. The zero-order valence-corrected chi connectivity index (χ0v) is 11.9.